The van der Waals surface area contributed by atoms with Gasteiger partial charge in [-0.05, 0) is 25.2 Å². The molecule has 0 aliphatic heterocycles. The van der Waals surface area contributed by atoms with Crippen LogP contribution in [0.3, 0.4) is 0 Å². The van der Waals surface area contributed by atoms with Gasteiger partial charge in [-0.25, -0.2) is 19.9 Å². The standard InChI is InChI=1S/C20H22N8O3/c1-20(19(31)22-3)8-12(15(29)16(20)30)28-10-25-14-17(21-2)26-13(27-18(14)28)5-4-11-9-23-6-7-24-11/h6-7,9-10,12,15-16,29-30H,8H2,1-3H3,(H,22,31)(H,21,26,27)/t12-,15+,16+,20+/m1/s1. The number of hydrogen-bond donors (Lipinski definition) is 4. The fourth-order valence-corrected chi connectivity index (χ4v) is 3.91. The van der Waals surface area contributed by atoms with Gasteiger partial charge in [0.2, 0.25) is 11.7 Å². The first kappa shape index (κ1) is 20.6. The summed E-state index contributed by atoms with van der Waals surface area (Å²) in [5, 5.41) is 26.9. The number of imidazole rings is 1. The van der Waals surface area contributed by atoms with Crippen molar-refractivity contribution < 1.29 is 15.0 Å². The van der Waals surface area contributed by atoms with Gasteiger partial charge < -0.3 is 25.4 Å². The van der Waals surface area contributed by atoms with E-state index < -0.39 is 23.7 Å². The van der Waals surface area contributed by atoms with Crippen molar-refractivity contribution in [3.05, 3.63) is 36.4 Å². The zero-order chi connectivity index (χ0) is 22.2. The number of nitrogens with one attached hydrogen (secondary N) is 2. The van der Waals surface area contributed by atoms with Crippen LogP contribution in [-0.2, 0) is 4.79 Å². The lowest BCUT2D eigenvalue weighted by atomic mass is 9.85. The molecule has 3 aromatic rings. The van der Waals surface area contributed by atoms with Crippen molar-refractivity contribution in [3.8, 4) is 11.8 Å². The third-order valence-electron chi connectivity index (χ3n) is 5.63. The Balaban J connectivity index is 1.78. The Morgan fingerprint density at radius 1 is 1.23 bits per heavy atom. The second-order valence-corrected chi connectivity index (χ2v) is 7.51. The summed E-state index contributed by atoms with van der Waals surface area (Å²) in [5.41, 5.74) is 0.243. The first-order chi connectivity index (χ1) is 14.9. The highest BCUT2D eigenvalue weighted by Crippen LogP contribution is 2.45. The third-order valence-corrected chi connectivity index (χ3v) is 5.63. The number of anilines is 1. The molecule has 1 amide bonds. The van der Waals surface area contributed by atoms with Crippen molar-refractivity contribution in [3.63, 3.8) is 0 Å². The van der Waals surface area contributed by atoms with Crippen LogP contribution in [0.5, 0.6) is 0 Å². The minimum absolute atomic E-state index is 0.208. The van der Waals surface area contributed by atoms with Crippen LogP contribution in [0.4, 0.5) is 5.82 Å². The Bertz CT molecular complexity index is 1190. The van der Waals surface area contributed by atoms with Crippen molar-refractivity contribution in [2.24, 2.45) is 5.41 Å². The predicted molar refractivity (Wildman–Crippen MR) is 111 cm³/mol. The molecule has 4 rings (SSSR count). The molecule has 4 N–H and O–H groups in total. The number of fused-ring (bicyclic) bond motifs is 1. The number of aromatic nitrogens is 6. The molecule has 160 valence electrons. The molecule has 3 aromatic heterocycles. The lowest BCUT2D eigenvalue weighted by molar-refractivity contribution is -0.136. The lowest BCUT2D eigenvalue weighted by Crippen LogP contribution is -2.45. The fraction of sp³-hybridized carbons (Fsp3) is 0.400. The zero-order valence-corrected chi connectivity index (χ0v) is 17.2. The maximum atomic E-state index is 12.4. The van der Waals surface area contributed by atoms with Crippen LogP contribution in [0.15, 0.2) is 24.9 Å². The lowest BCUT2D eigenvalue weighted by Gasteiger charge is -2.26. The molecular weight excluding hydrogens is 400 g/mol. The Labute approximate surface area is 178 Å². The summed E-state index contributed by atoms with van der Waals surface area (Å²) in [6.07, 6.45) is 3.94. The Morgan fingerprint density at radius 3 is 2.71 bits per heavy atom. The van der Waals surface area contributed by atoms with E-state index in [1.807, 2.05) is 0 Å². The van der Waals surface area contributed by atoms with Crippen molar-refractivity contribution >= 4 is 22.9 Å². The molecule has 31 heavy (non-hydrogen) atoms. The second kappa shape index (κ2) is 7.90. The molecule has 1 aliphatic carbocycles. The summed E-state index contributed by atoms with van der Waals surface area (Å²) in [5.74, 6) is 6.08. The molecule has 0 unspecified atom stereocenters. The van der Waals surface area contributed by atoms with E-state index in [1.54, 1.807) is 30.9 Å². The number of aliphatic hydroxyl groups is 2. The van der Waals surface area contributed by atoms with Gasteiger partial charge in [-0.3, -0.25) is 9.78 Å². The van der Waals surface area contributed by atoms with E-state index in [0.717, 1.165) is 0 Å². The molecule has 0 bridgehead atoms. The number of amides is 1. The predicted octanol–water partition coefficient (Wildman–Crippen LogP) is -0.523. The van der Waals surface area contributed by atoms with E-state index in [-0.39, 0.29) is 18.2 Å². The van der Waals surface area contributed by atoms with E-state index >= 15 is 0 Å². The minimum atomic E-state index is -1.24. The second-order valence-electron chi connectivity index (χ2n) is 7.51. The average molecular weight is 422 g/mol. The van der Waals surface area contributed by atoms with Gasteiger partial charge in [0, 0.05) is 26.5 Å². The maximum absolute atomic E-state index is 12.4. The van der Waals surface area contributed by atoms with E-state index in [2.05, 4.69) is 47.4 Å². The van der Waals surface area contributed by atoms with E-state index in [1.165, 1.54) is 19.6 Å². The molecule has 4 atom stereocenters. The van der Waals surface area contributed by atoms with Gasteiger partial charge >= 0.3 is 0 Å². The van der Waals surface area contributed by atoms with Crippen molar-refractivity contribution in [2.75, 3.05) is 19.4 Å². The van der Waals surface area contributed by atoms with Crippen molar-refractivity contribution in [1.82, 2.24) is 34.8 Å². The molecule has 0 aromatic carbocycles. The molecule has 0 saturated heterocycles. The number of rotatable bonds is 3. The van der Waals surface area contributed by atoms with Gasteiger partial charge in [0.15, 0.2) is 17.0 Å². The Hall–Kier alpha value is -3.62. The summed E-state index contributed by atoms with van der Waals surface area (Å²) < 4.78 is 1.66. The monoisotopic (exact) mass is 422 g/mol. The largest absolute Gasteiger partial charge is 0.389 e. The van der Waals surface area contributed by atoms with Crippen molar-refractivity contribution in [1.29, 1.82) is 0 Å². The number of carbonyl (C=O) groups is 1. The van der Waals surface area contributed by atoms with E-state index in [9.17, 15) is 15.0 Å². The highest BCUT2D eigenvalue weighted by molar-refractivity contribution is 5.85. The number of aliphatic hydroxyl groups excluding tert-OH is 2. The maximum Gasteiger partial charge on any atom is 0.228 e. The van der Waals surface area contributed by atoms with Crippen LogP contribution in [0.2, 0.25) is 0 Å². The molecule has 11 heteroatoms. The van der Waals surface area contributed by atoms with E-state index in [4.69, 9.17) is 0 Å². The normalized spacial score (nSPS) is 25.1. The van der Waals surface area contributed by atoms with Crippen LogP contribution in [0.1, 0.15) is 30.9 Å². The molecule has 3 heterocycles. The first-order valence-electron chi connectivity index (χ1n) is 9.67. The molecular formula is C20H22N8O3. The number of nitrogens with zero attached hydrogens (tertiary/aromatic N) is 6. The molecule has 1 saturated carbocycles. The Kier molecular flexibility index (Phi) is 5.26. The van der Waals surface area contributed by atoms with Gasteiger partial charge in [0.25, 0.3) is 0 Å². The highest BCUT2D eigenvalue weighted by atomic mass is 16.3. The van der Waals surface area contributed by atoms with Gasteiger partial charge in [-0.15, -0.1) is 0 Å². The summed E-state index contributed by atoms with van der Waals surface area (Å²) in [6.45, 7) is 1.63. The van der Waals surface area contributed by atoms with Crippen LogP contribution < -0.4 is 10.6 Å². The summed E-state index contributed by atoms with van der Waals surface area (Å²) in [6, 6.07) is -0.609. The number of carbonyl (C=O) groups excluding carboxylic acids is 1. The fourth-order valence-electron chi connectivity index (χ4n) is 3.91. The van der Waals surface area contributed by atoms with Crippen LogP contribution in [-0.4, -0.2) is 71.9 Å². The molecule has 1 aliphatic rings. The molecule has 11 nitrogen and oxygen atoms in total. The van der Waals surface area contributed by atoms with Gasteiger partial charge in [0.05, 0.1) is 30.1 Å². The molecule has 0 radical (unpaired) electrons. The van der Waals surface area contributed by atoms with Gasteiger partial charge in [-0.1, -0.05) is 0 Å². The smallest absolute Gasteiger partial charge is 0.228 e. The first-order valence-corrected chi connectivity index (χ1v) is 9.67. The van der Waals surface area contributed by atoms with Crippen LogP contribution in [0.25, 0.3) is 11.2 Å². The van der Waals surface area contributed by atoms with Gasteiger partial charge in [0.1, 0.15) is 11.8 Å². The van der Waals surface area contributed by atoms with Crippen LogP contribution >= 0.6 is 0 Å². The van der Waals surface area contributed by atoms with Crippen LogP contribution in [0, 0.1) is 17.3 Å². The van der Waals surface area contributed by atoms with Gasteiger partial charge in [-0.2, -0.15) is 0 Å². The zero-order valence-electron chi connectivity index (χ0n) is 17.2. The highest BCUT2D eigenvalue weighted by Gasteiger charge is 2.54. The SMILES string of the molecule is CNC(=O)[C@@]1(C)C[C@@H](n2cnc3c(NC)nc(C#Cc4cnccn4)nc32)[C@H](O)[C@@H]1O. The summed E-state index contributed by atoms with van der Waals surface area (Å²) in [4.78, 5) is 33.7. The average Bonchev–Trinajstić information content (AvgIpc) is 3.32. The topological polar surface area (TPSA) is 151 Å². The Morgan fingerprint density at radius 2 is 2.03 bits per heavy atom. The molecule has 1 fully saturated rings. The molecule has 0 spiro atoms. The minimum Gasteiger partial charge on any atom is -0.389 e. The summed E-state index contributed by atoms with van der Waals surface area (Å²) in [7, 11) is 3.21. The third kappa shape index (κ3) is 3.45. The van der Waals surface area contributed by atoms with Crippen molar-refractivity contribution in [2.45, 2.75) is 31.6 Å². The summed E-state index contributed by atoms with van der Waals surface area (Å²) >= 11 is 0. The van der Waals surface area contributed by atoms with E-state index in [0.29, 0.717) is 22.7 Å². The number of hydrogen-bond acceptors (Lipinski definition) is 9. The quantitative estimate of drug-likeness (QED) is 0.409.